The average molecular weight is 188 g/mol. The molecule has 1 unspecified atom stereocenters. The number of rotatable bonds is 8. The highest BCUT2D eigenvalue weighted by Gasteiger charge is 2.09. The van der Waals surface area contributed by atoms with Crippen LogP contribution in [0, 0.1) is 11.8 Å². The second-order valence-electron chi connectivity index (χ2n) is 4.47. The second-order valence-corrected chi connectivity index (χ2v) is 4.47. The molecule has 0 aliphatic rings. The van der Waals surface area contributed by atoms with Gasteiger partial charge in [0, 0.05) is 0 Å². The summed E-state index contributed by atoms with van der Waals surface area (Å²) in [5.74, 6) is 1.54. The van der Waals surface area contributed by atoms with Gasteiger partial charge >= 0.3 is 0 Å². The van der Waals surface area contributed by atoms with Gasteiger partial charge < -0.3 is 0 Å². The van der Waals surface area contributed by atoms with Crippen molar-refractivity contribution in [3.63, 3.8) is 0 Å². The summed E-state index contributed by atoms with van der Waals surface area (Å²) in [5.41, 5.74) is 0. The molecule has 0 aromatic heterocycles. The van der Waals surface area contributed by atoms with Gasteiger partial charge in [0.25, 0.3) is 0 Å². The van der Waals surface area contributed by atoms with Crippen LogP contribution < -0.4 is 0 Å². The van der Waals surface area contributed by atoms with E-state index in [4.69, 9.17) is 0 Å². The fourth-order valence-electron chi connectivity index (χ4n) is 1.91. The lowest BCUT2D eigenvalue weighted by molar-refractivity contribution is 0.328. The molecular formula is C12H25F. The Balaban J connectivity index is 3.60. The Bertz CT molecular complexity index is 91.3. The maximum absolute atomic E-state index is 12.0. The van der Waals surface area contributed by atoms with Gasteiger partial charge in [-0.15, -0.1) is 0 Å². The first kappa shape index (κ1) is 12.9. The first-order chi connectivity index (χ1) is 6.20. The Morgan fingerprint density at radius 2 is 1.69 bits per heavy atom. The molecule has 0 bridgehead atoms. The van der Waals surface area contributed by atoms with Crippen molar-refractivity contribution in [2.24, 2.45) is 11.8 Å². The van der Waals surface area contributed by atoms with Crippen LogP contribution in [0.5, 0.6) is 0 Å². The van der Waals surface area contributed by atoms with Crippen molar-refractivity contribution in [1.82, 2.24) is 0 Å². The minimum atomic E-state index is -0.138. The van der Waals surface area contributed by atoms with Crippen LogP contribution in [0.25, 0.3) is 0 Å². The first-order valence-electron chi connectivity index (χ1n) is 5.76. The Hall–Kier alpha value is -0.0700. The largest absolute Gasteiger partial charge is 0.251 e. The van der Waals surface area contributed by atoms with Gasteiger partial charge in [-0.05, 0) is 31.1 Å². The van der Waals surface area contributed by atoms with Crippen molar-refractivity contribution >= 4 is 0 Å². The van der Waals surface area contributed by atoms with E-state index in [1.165, 1.54) is 25.7 Å². The summed E-state index contributed by atoms with van der Waals surface area (Å²) in [6.45, 7) is 6.60. The van der Waals surface area contributed by atoms with Crippen LogP contribution in [0.1, 0.15) is 59.3 Å². The van der Waals surface area contributed by atoms with Crippen molar-refractivity contribution in [3.05, 3.63) is 0 Å². The van der Waals surface area contributed by atoms with E-state index in [-0.39, 0.29) is 6.67 Å². The molecule has 1 atom stereocenters. The van der Waals surface area contributed by atoms with Gasteiger partial charge in [-0.25, -0.2) is 0 Å². The highest BCUT2D eigenvalue weighted by atomic mass is 19.1. The quantitative estimate of drug-likeness (QED) is 0.522. The van der Waals surface area contributed by atoms with Gasteiger partial charge in [0.15, 0.2) is 0 Å². The SMILES string of the molecule is CCCCC(CCCF)CC(C)C. The van der Waals surface area contributed by atoms with Gasteiger partial charge in [0.05, 0.1) is 6.67 Å². The van der Waals surface area contributed by atoms with Crippen LogP contribution in [0.2, 0.25) is 0 Å². The van der Waals surface area contributed by atoms with E-state index in [1.54, 1.807) is 0 Å². The topological polar surface area (TPSA) is 0 Å². The van der Waals surface area contributed by atoms with Gasteiger partial charge in [0.2, 0.25) is 0 Å². The summed E-state index contributed by atoms with van der Waals surface area (Å²) in [6.07, 6.45) is 7.01. The van der Waals surface area contributed by atoms with Gasteiger partial charge in [-0.2, -0.15) is 0 Å². The molecular weight excluding hydrogens is 163 g/mol. The Labute approximate surface area is 82.9 Å². The van der Waals surface area contributed by atoms with Crippen molar-refractivity contribution in [1.29, 1.82) is 0 Å². The molecule has 0 saturated heterocycles. The monoisotopic (exact) mass is 188 g/mol. The number of halogens is 1. The Kier molecular flexibility index (Phi) is 8.48. The number of hydrogen-bond donors (Lipinski definition) is 0. The number of hydrogen-bond acceptors (Lipinski definition) is 0. The predicted molar refractivity (Wildman–Crippen MR) is 57.7 cm³/mol. The van der Waals surface area contributed by atoms with Gasteiger partial charge in [-0.3, -0.25) is 4.39 Å². The number of alkyl halides is 1. The van der Waals surface area contributed by atoms with Gasteiger partial charge in [0.1, 0.15) is 0 Å². The van der Waals surface area contributed by atoms with Crippen LogP contribution in [0.15, 0.2) is 0 Å². The molecule has 0 aromatic carbocycles. The highest BCUT2D eigenvalue weighted by molar-refractivity contribution is 4.62. The van der Waals surface area contributed by atoms with E-state index >= 15 is 0 Å². The summed E-state index contributed by atoms with van der Waals surface area (Å²) >= 11 is 0. The lowest BCUT2D eigenvalue weighted by Crippen LogP contribution is -2.05. The van der Waals surface area contributed by atoms with E-state index in [0.29, 0.717) is 0 Å². The fraction of sp³-hybridized carbons (Fsp3) is 1.00. The fourth-order valence-corrected chi connectivity index (χ4v) is 1.91. The van der Waals surface area contributed by atoms with Crippen LogP contribution in [-0.4, -0.2) is 6.67 Å². The summed E-state index contributed by atoms with van der Waals surface area (Å²) in [4.78, 5) is 0. The van der Waals surface area contributed by atoms with Crippen molar-refractivity contribution in [2.75, 3.05) is 6.67 Å². The molecule has 0 amide bonds. The maximum atomic E-state index is 12.0. The van der Waals surface area contributed by atoms with Crippen molar-refractivity contribution in [2.45, 2.75) is 59.3 Å². The molecule has 0 aliphatic heterocycles. The molecule has 0 saturated carbocycles. The molecule has 0 fully saturated rings. The zero-order chi connectivity index (χ0) is 10.1. The summed E-state index contributed by atoms with van der Waals surface area (Å²) < 4.78 is 12.0. The summed E-state index contributed by atoms with van der Waals surface area (Å²) in [7, 11) is 0. The van der Waals surface area contributed by atoms with E-state index in [9.17, 15) is 4.39 Å². The van der Waals surface area contributed by atoms with E-state index in [1.807, 2.05) is 0 Å². The minimum Gasteiger partial charge on any atom is -0.251 e. The second kappa shape index (κ2) is 8.52. The molecule has 0 aromatic rings. The zero-order valence-corrected chi connectivity index (χ0v) is 9.48. The lowest BCUT2D eigenvalue weighted by Gasteiger charge is -2.17. The van der Waals surface area contributed by atoms with Crippen LogP contribution in [0.4, 0.5) is 4.39 Å². The maximum Gasteiger partial charge on any atom is 0.0894 e. The zero-order valence-electron chi connectivity index (χ0n) is 9.48. The minimum absolute atomic E-state index is 0.138. The molecule has 0 rings (SSSR count). The molecule has 0 nitrogen and oxygen atoms in total. The normalized spacial score (nSPS) is 13.6. The van der Waals surface area contributed by atoms with Crippen molar-refractivity contribution < 1.29 is 4.39 Å². The third-order valence-electron chi connectivity index (χ3n) is 2.52. The molecule has 0 aliphatic carbocycles. The van der Waals surface area contributed by atoms with Crippen molar-refractivity contribution in [3.8, 4) is 0 Å². The lowest BCUT2D eigenvalue weighted by atomic mass is 9.89. The Morgan fingerprint density at radius 3 is 2.15 bits per heavy atom. The average Bonchev–Trinajstić information content (AvgIpc) is 2.09. The molecule has 0 heterocycles. The number of unbranched alkanes of at least 4 members (excludes halogenated alkanes) is 1. The van der Waals surface area contributed by atoms with Crippen LogP contribution in [-0.2, 0) is 0 Å². The van der Waals surface area contributed by atoms with Crippen LogP contribution >= 0.6 is 0 Å². The van der Waals surface area contributed by atoms with E-state index in [2.05, 4.69) is 20.8 Å². The standard InChI is InChI=1S/C12H25F/c1-4-5-7-12(8-6-9-13)10-11(2)3/h11-12H,4-10H2,1-3H3. The molecule has 0 spiro atoms. The molecule has 13 heavy (non-hydrogen) atoms. The van der Waals surface area contributed by atoms with E-state index in [0.717, 1.165) is 24.7 Å². The third-order valence-corrected chi connectivity index (χ3v) is 2.52. The van der Waals surface area contributed by atoms with Crippen LogP contribution in [0.3, 0.4) is 0 Å². The Morgan fingerprint density at radius 1 is 1.08 bits per heavy atom. The first-order valence-corrected chi connectivity index (χ1v) is 5.76. The summed E-state index contributed by atoms with van der Waals surface area (Å²) in [5, 5.41) is 0. The molecule has 0 radical (unpaired) electrons. The highest BCUT2D eigenvalue weighted by Crippen LogP contribution is 2.22. The van der Waals surface area contributed by atoms with Gasteiger partial charge in [-0.1, -0.05) is 40.0 Å². The van der Waals surface area contributed by atoms with E-state index < -0.39 is 0 Å². The molecule has 1 heteroatoms. The molecule has 0 N–H and O–H groups in total. The predicted octanol–water partition coefficient (Wildman–Crippen LogP) is 4.59. The smallest absolute Gasteiger partial charge is 0.0894 e. The summed E-state index contributed by atoms with van der Waals surface area (Å²) in [6, 6.07) is 0. The molecule has 80 valence electrons. The third kappa shape index (κ3) is 8.27.